The van der Waals surface area contributed by atoms with Crippen molar-refractivity contribution < 1.29 is 5.11 Å². The Morgan fingerprint density at radius 2 is 2.05 bits per heavy atom. The van der Waals surface area contributed by atoms with Crippen LogP contribution in [0, 0.1) is 0 Å². The van der Waals surface area contributed by atoms with Crippen molar-refractivity contribution in [1.82, 2.24) is 9.88 Å². The van der Waals surface area contributed by atoms with Gasteiger partial charge in [-0.05, 0) is 31.5 Å². The summed E-state index contributed by atoms with van der Waals surface area (Å²) < 4.78 is 0. The molecule has 0 radical (unpaired) electrons. The zero-order valence-corrected chi connectivity index (χ0v) is 13.8. The number of aliphatic hydroxyl groups excluding tert-OH is 1. The van der Waals surface area contributed by atoms with E-state index in [-0.39, 0.29) is 12.1 Å². The predicted octanol–water partition coefficient (Wildman–Crippen LogP) is 4.01. The topological polar surface area (TPSA) is 36.4 Å². The zero-order chi connectivity index (χ0) is 15.5. The third kappa shape index (κ3) is 3.27. The van der Waals surface area contributed by atoms with Gasteiger partial charge in [0.05, 0.1) is 22.3 Å². The number of benzene rings is 1. The summed E-state index contributed by atoms with van der Waals surface area (Å²) in [6.45, 7) is 3.83. The number of pyridine rings is 1. The van der Waals surface area contributed by atoms with Crippen LogP contribution in [0.2, 0.25) is 5.02 Å². The highest BCUT2D eigenvalue weighted by Crippen LogP contribution is 2.26. The third-order valence-corrected chi connectivity index (χ3v) is 4.97. The Balaban J connectivity index is 1.82. The number of halogens is 1. The summed E-state index contributed by atoms with van der Waals surface area (Å²) in [6, 6.07) is 10.2. The lowest BCUT2D eigenvalue weighted by Gasteiger charge is -2.36. The Morgan fingerprint density at radius 1 is 1.23 bits per heavy atom. The van der Waals surface area contributed by atoms with Gasteiger partial charge in [0.1, 0.15) is 0 Å². The molecule has 0 bridgehead atoms. The summed E-state index contributed by atoms with van der Waals surface area (Å²) in [6.07, 6.45) is 4.12. The van der Waals surface area contributed by atoms with Gasteiger partial charge >= 0.3 is 0 Å². The Hall–Kier alpha value is -1.16. The van der Waals surface area contributed by atoms with E-state index in [1.807, 2.05) is 18.2 Å². The second-order valence-electron chi connectivity index (χ2n) is 6.10. The number of para-hydroxylation sites is 1. The molecule has 1 aliphatic carbocycles. The van der Waals surface area contributed by atoms with Crippen LogP contribution in [0.5, 0.6) is 0 Å². The molecule has 22 heavy (non-hydrogen) atoms. The van der Waals surface area contributed by atoms with E-state index in [4.69, 9.17) is 16.6 Å². The quantitative estimate of drug-likeness (QED) is 0.925. The van der Waals surface area contributed by atoms with Crippen LogP contribution < -0.4 is 0 Å². The van der Waals surface area contributed by atoms with Crippen molar-refractivity contribution in [3.05, 3.63) is 41.0 Å². The van der Waals surface area contributed by atoms with Gasteiger partial charge in [-0.1, -0.05) is 49.6 Å². The van der Waals surface area contributed by atoms with Crippen LogP contribution in [-0.4, -0.2) is 33.7 Å². The lowest BCUT2D eigenvalue weighted by atomic mass is 9.91. The molecular weight excluding hydrogens is 296 g/mol. The molecule has 4 heteroatoms. The van der Waals surface area contributed by atoms with Crippen molar-refractivity contribution in [1.29, 1.82) is 0 Å². The van der Waals surface area contributed by atoms with Gasteiger partial charge in [0, 0.05) is 18.0 Å². The fourth-order valence-electron chi connectivity index (χ4n) is 3.43. The van der Waals surface area contributed by atoms with Crippen molar-refractivity contribution in [3.8, 4) is 0 Å². The molecule has 1 saturated carbocycles. The number of fused-ring (bicyclic) bond motifs is 1. The molecular formula is C18H23ClN2O. The first-order chi connectivity index (χ1) is 10.7. The Morgan fingerprint density at radius 3 is 2.82 bits per heavy atom. The Labute approximate surface area is 136 Å². The van der Waals surface area contributed by atoms with Gasteiger partial charge in [0.15, 0.2) is 0 Å². The van der Waals surface area contributed by atoms with Crippen LogP contribution in [0.4, 0.5) is 0 Å². The Bertz CT molecular complexity index is 646. The first kappa shape index (κ1) is 15.7. The molecule has 0 saturated heterocycles. The van der Waals surface area contributed by atoms with E-state index in [0.29, 0.717) is 5.02 Å². The number of hydrogen-bond donors (Lipinski definition) is 1. The highest BCUT2D eigenvalue weighted by molar-refractivity contribution is 6.35. The smallest absolute Gasteiger partial charge is 0.0891 e. The number of aliphatic hydroxyl groups is 1. The van der Waals surface area contributed by atoms with Crippen molar-refractivity contribution in [2.75, 3.05) is 6.54 Å². The summed E-state index contributed by atoms with van der Waals surface area (Å²) in [5.74, 6) is 0. The van der Waals surface area contributed by atoms with Crippen LogP contribution in [-0.2, 0) is 6.54 Å². The van der Waals surface area contributed by atoms with Gasteiger partial charge in [-0.2, -0.15) is 0 Å². The number of aromatic nitrogens is 1. The number of hydrogen-bond acceptors (Lipinski definition) is 3. The van der Waals surface area contributed by atoms with Gasteiger partial charge in [0.25, 0.3) is 0 Å². The summed E-state index contributed by atoms with van der Waals surface area (Å²) in [5.41, 5.74) is 1.88. The molecule has 1 N–H and O–H groups in total. The molecule has 2 aromatic rings. The summed E-state index contributed by atoms with van der Waals surface area (Å²) in [5, 5.41) is 12.0. The van der Waals surface area contributed by atoms with Gasteiger partial charge in [-0.25, -0.2) is 4.98 Å². The normalized spacial score (nSPS) is 22.4. The molecule has 1 aliphatic rings. The van der Waals surface area contributed by atoms with E-state index in [1.165, 1.54) is 6.42 Å². The molecule has 2 atom stereocenters. The molecule has 0 unspecified atom stereocenters. The molecule has 0 aliphatic heterocycles. The standard InChI is InChI=1S/C18H23ClN2O/c1-2-21(16-8-3-4-9-17(16)22)12-14-11-10-13-6-5-7-15(19)18(13)20-14/h5-7,10-11,16-17,22H,2-4,8-9,12H2,1H3/t16-,17-/m1/s1. The second kappa shape index (κ2) is 6.95. The van der Waals surface area contributed by atoms with Gasteiger partial charge < -0.3 is 5.11 Å². The molecule has 1 heterocycles. The van der Waals surface area contributed by atoms with Gasteiger partial charge in [0.2, 0.25) is 0 Å². The van der Waals surface area contributed by atoms with E-state index in [0.717, 1.165) is 48.9 Å². The average Bonchev–Trinajstić information content (AvgIpc) is 2.54. The maximum absolute atomic E-state index is 10.3. The lowest BCUT2D eigenvalue weighted by molar-refractivity contribution is 0.0177. The second-order valence-corrected chi connectivity index (χ2v) is 6.50. The fourth-order valence-corrected chi connectivity index (χ4v) is 3.65. The first-order valence-electron chi connectivity index (χ1n) is 8.15. The first-order valence-corrected chi connectivity index (χ1v) is 8.53. The van der Waals surface area contributed by atoms with E-state index >= 15 is 0 Å². The van der Waals surface area contributed by atoms with E-state index in [2.05, 4.69) is 24.0 Å². The molecule has 1 fully saturated rings. The van der Waals surface area contributed by atoms with E-state index in [9.17, 15) is 5.11 Å². The number of rotatable bonds is 4. The minimum Gasteiger partial charge on any atom is -0.391 e. The number of likely N-dealkylation sites (N-methyl/N-ethyl adjacent to an activating group) is 1. The highest BCUT2D eigenvalue weighted by Gasteiger charge is 2.28. The molecule has 3 rings (SSSR count). The minimum absolute atomic E-state index is 0.210. The predicted molar refractivity (Wildman–Crippen MR) is 91.1 cm³/mol. The van der Waals surface area contributed by atoms with Crippen LogP contribution in [0.25, 0.3) is 10.9 Å². The van der Waals surface area contributed by atoms with Crippen LogP contribution in [0.1, 0.15) is 38.3 Å². The third-order valence-electron chi connectivity index (χ3n) is 4.66. The summed E-state index contributed by atoms with van der Waals surface area (Å²) in [4.78, 5) is 7.07. The monoisotopic (exact) mass is 318 g/mol. The van der Waals surface area contributed by atoms with E-state index < -0.39 is 0 Å². The average molecular weight is 319 g/mol. The van der Waals surface area contributed by atoms with Crippen LogP contribution in [0.15, 0.2) is 30.3 Å². The van der Waals surface area contributed by atoms with Gasteiger partial charge in [-0.15, -0.1) is 0 Å². The van der Waals surface area contributed by atoms with Crippen molar-refractivity contribution in [2.24, 2.45) is 0 Å². The van der Waals surface area contributed by atoms with Crippen LogP contribution >= 0.6 is 11.6 Å². The maximum Gasteiger partial charge on any atom is 0.0891 e. The largest absolute Gasteiger partial charge is 0.391 e. The van der Waals surface area contributed by atoms with Crippen molar-refractivity contribution >= 4 is 22.5 Å². The summed E-state index contributed by atoms with van der Waals surface area (Å²) in [7, 11) is 0. The van der Waals surface area contributed by atoms with E-state index in [1.54, 1.807) is 0 Å². The molecule has 0 amide bonds. The minimum atomic E-state index is -0.210. The zero-order valence-electron chi connectivity index (χ0n) is 13.0. The number of nitrogens with zero attached hydrogens (tertiary/aromatic N) is 2. The van der Waals surface area contributed by atoms with Crippen molar-refractivity contribution in [2.45, 2.75) is 51.3 Å². The molecule has 118 valence electrons. The molecule has 1 aromatic heterocycles. The Kier molecular flexibility index (Phi) is 4.97. The molecule has 1 aromatic carbocycles. The SMILES string of the molecule is CCN(Cc1ccc2cccc(Cl)c2n1)[C@@H]1CCCC[C@H]1O. The van der Waals surface area contributed by atoms with Crippen LogP contribution in [0.3, 0.4) is 0 Å². The highest BCUT2D eigenvalue weighted by atomic mass is 35.5. The van der Waals surface area contributed by atoms with Gasteiger partial charge in [-0.3, -0.25) is 4.90 Å². The molecule has 0 spiro atoms. The molecule has 3 nitrogen and oxygen atoms in total. The van der Waals surface area contributed by atoms with Crippen molar-refractivity contribution in [3.63, 3.8) is 0 Å². The lowest BCUT2D eigenvalue weighted by Crippen LogP contribution is -2.45. The fraction of sp³-hybridized carbons (Fsp3) is 0.500. The summed E-state index contributed by atoms with van der Waals surface area (Å²) >= 11 is 6.26. The maximum atomic E-state index is 10.3.